The maximum atomic E-state index is 13.2. The first-order chi connectivity index (χ1) is 8.44. The Bertz CT molecular complexity index is 540. The van der Waals surface area contributed by atoms with Gasteiger partial charge in [0.25, 0.3) is 0 Å². The summed E-state index contributed by atoms with van der Waals surface area (Å²) in [4.78, 5) is -0.0135. The van der Waals surface area contributed by atoms with Crippen LogP contribution in [-0.4, -0.2) is 19.6 Å². The molecule has 0 bridgehead atoms. The molecule has 1 atom stereocenters. The number of sulfonamides is 1. The van der Waals surface area contributed by atoms with Crippen LogP contribution in [0.3, 0.4) is 0 Å². The third kappa shape index (κ3) is 2.88. The molecule has 4 nitrogen and oxygen atoms in total. The van der Waals surface area contributed by atoms with E-state index in [-0.39, 0.29) is 16.5 Å². The zero-order chi connectivity index (χ0) is 13.3. The van der Waals surface area contributed by atoms with Crippen molar-refractivity contribution in [3.63, 3.8) is 0 Å². The highest BCUT2D eigenvalue weighted by Crippen LogP contribution is 2.33. The molecule has 0 aliphatic heterocycles. The van der Waals surface area contributed by atoms with E-state index in [1.54, 1.807) is 0 Å². The topological polar surface area (TPSA) is 66.4 Å². The average molecular weight is 273 g/mol. The number of halogens is 1. The highest BCUT2D eigenvalue weighted by Gasteiger charge is 2.31. The first-order valence-corrected chi connectivity index (χ1v) is 7.34. The number of rotatable bonds is 5. The van der Waals surface area contributed by atoms with Crippen LogP contribution in [0.1, 0.15) is 25.3 Å². The van der Waals surface area contributed by atoms with E-state index in [1.165, 1.54) is 6.07 Å². The second-order valence-corrected chi connectivity index (χ2v) is 6.37. The summed E-state index contributed by atoms with van der Waals surface area (Å²) in [6, 6.07) is 3.31. The Morgan fingerprint density at radius 2 is 2.17 bits per heavy atom. The zero-order valence-corrected chi connectivity index (χ0v) is 10.9. The van der Waals surface area contributed by atoms with Crippen LogP contribution in [0.4, 0.5) is 4.39 Å². The van der Waals surface area contributed by atoms with Crippen LogP contribution in [0.15, 0.2) is 23.1 Å². The van der Waals surface area contributed by atoms with Crippen LogP contribution in [0.25, 0.3) is 0 Å². The van der Waals surface area contributed by atoms with Crippen molar-refractivity contribution < 1.29 is 17.9 Å². The summed E-state index contributed by atoms with van der Waals surface area (Å²) >= 11 is 0. The Morgan fingerprint density at radius 3 is 2.72 bits per heavy atom. The summed E-state index contributed by atoms with van der Waals surface area (Å²) in [6.07, 6.45) is 2.07. The molecule has 0 aromatic heterocycles. The van der Waals surface area contributed by atoms with Gasteiger partial charge in [-0.2, -0.15) is 0 Å². The molecule has 1 aromatic carbocycles. The molecule has 18 heavy (non-hydrogen) atoms. The van der Waals surface area contributed by atoms with Crippen molar-refractivity contribution >= 4 is 10.0 Å². The van der Waals surface area contributed by atoms with E-state index in [0.29, 0.717) is 5.92 Å². The number of aliphatic hydroxyl groups excluding tert-OH is 1. The third-order valence-electron chi connectivity index (χ3n) is 3.17. The van der Waals surface area contributed by atoms with Gasteiger partial charge < -0.3 is 5.11 Å². The van der Waals surface area contributed by atoms with Gasteiger partial charge in [-0.25, -0.2) is 17.5 Å². The van der Waals surface area contributed by atoms with Gasteiger partial charge >= 0.3 is 0 Å². The Labute approximate surface area is 106 Å². The Morgan fingerprint density at radius 1 is 1.50 bits per heavy atom. The van der Waals surface area contributed by atoms with E-state index in [4.69, 9.17) is 5.11 Å². The lowest BCUT2D eigenvalue weighted by Crippen LogP contribution is -2.34. The molecule has 100 valence electrons. The van der Waals surface area contributed by atoms with Crippen LogP contribution in [0.5, 0.6) is 0 Å². The molecule has 0 saturated heterocycles. The number of hydrogen-bond acceptors (Lipinski definition) is 3. The lowest BCUT2D eigenvalue weighted by atomic mass is 10.2. The van der Waals surface area contributed by atoms with Gasteiger partial charge in [-0.15, -0.1) is 0 Å². The molecule has 0 amide bonds. The van der Waals surface area contributed by atoms with Gasteiger partial charge in [-0.3, -0.25) is 0 Å². The Balaban J connectivity index is 2.23. The normalized spacial score (nSPS) is 17.7. The number of nitrogens with one attached hydrogen (secondary N) is 1. The predicted molar refractivity (Wildman–Crippen MR) is 64.8 cm³/mol. The van der Waals surface area contributed by atoms with Crippen LogP contribution in [-0.2, 0) is 16.6 Å². The maximum Gasteiger partial charge on any atom is 0.240 e. The van der Waals surface area contributed by atoms with Gasteiger partial charge in [0, 0.05) is 11.6 Å². The molecule has 2 N–H and O–H groups in total. The average Bonchev–Trinajstić information content (AvgIpc) is 3.12. The summed E-state index contributed by atoms with van der Waals surface area (Å²) in [5.41, 5.74) is -0.0167. The minimum Gasteiger partial charge on any atom is -0.392 e. The lowest BCUT2D eigenvalue weighted by Gasteiger charge is -2.13. The summed E-state index contributed by atoms with van der Waals surface area (Å²) in [6.45, 7) is 1.30. The standard InChI is InChI=1S/C12H16FNO3S/c1-8(9-2-3-9)14-18(16,17)11-4-5-12(13)10(6-11)7-15/h4-6,8-9,14-15H,2-3,7H2,1H3. The monoisotopic (exact) mass is 273 g/mol. The van der Waals surface area contributed by atoms with Crippen molar-refractivity contribution in [1.82, 2.24) is 4.72 Å². The fourth-order valence-corrected chi connectivity index (χ4v) is 3.21. The van der Waals surface area contributed by atoms with E-state index in [9.17, 15) is 12.8 Å². The SMILES string of the molecule is CC(NS(=O)(=O)c1ccc(F)c(CO)c1)C1CC1. The largest absolute Gasteiger partial charge is 0.392 e. The van der Waals surface area contributed by atoms with Crippen molar-refractivity contribution in [1.29, 1.82) is 0 Å². The highest BCUT2D eigenvalue weighted by atomic mass is 32.2. The van der Waals surface area contributed by atoms with Crippen molar-refractivity contribution in [2.24, 2.45) is 5.92 Å². The fraction of sp³-hybridized carbons (Fsp3) is 0.500. The lowest BCUT2D eigenvalue weighted by molar-refractivity contribution is 0.275. The van der Waals surface area contributed by atoms with Crippen molar-refractivity contribution in [3.05, 3.63) is 29.6 Å². The summed E-state index contributed by atoms with van der Waals surface area (Å²) in [5, 5.41) is 8.93. The van der Waals surface area contributed by atoms with Gasteiger partial charge in [0.05, 0.1) is 11.5 Å². The minimum atomic E-state index is -3.64. The molecule has 0 heterocycles. The van der Waals surface area contributed by atoms with Crippen LogP contribution in [0, 0.1) is 11.7 Å². The van der Waals surface area contributed by atoms with Crippen LogP contribution < -0.4 is 4.72 Å². The molecular weight excluding hydrogens is 257 g/mol. The molecule has 2 rings (SSSR count). The molecule has 1 saturated carbocycles. The van der Waals surface area contributed by atoms with E-state index in [0.717, 1.165) is 25.0 Å². The molecular formula is C12H16FNO3S. The summed E-state index contributed by atoms with van der Waals surface area (Å²) in [5.74, 6) is -0.204. The van der Waals surface area contributed by atoms with E-state index in [1.807, 2.05) is 6.92 Å². The van der Waals surface area contributed by atoms with Crippen molar-refractivity contribution in [2.75, 3.05) is 0 Å². The van der Waals surface area contributed by atoms with Crippen LogP contribution in [0.2, 0.25) is 0 Å². The molecule has 0 radical (unpaired) electrons. The first-order valence-electron chi connectivity index (χ1n) is 5.85. The molecule has 1 aliphatic carbocycles. The van der Waals surface area contributed by atoms with E-state index >= 15 is 0 Å². The van der Waals surface area contributed by atoms with Gasteiger partial charge in [0.15, 0.2) is 0 Å². The number of aliphatic hydroxyl groups is 1. The van der Waals surface area contributed by atoms with Crippen molar-refractivity contribution in [2.45, 2.75) is 37.3 Å². The zero-order valence-electron chi connectivity index (χ0n) is 10.1. The second kappa shape index (κ2) is 4.95. The smallest absolute Gasteiger partial charge is 0.240 e. The Hall–Kier alpha value is -0.980. The second-order valence-electron chi connectivity index (χ2n) is 4.66. The summed E-state index contributed by atoms with van der Waals surface area (Å²) in [7, 11) is -3.64. The highest BCUT2D eigenvalue weighted by molar-refractivity contribution is 7.89. The first kappa shape index (κ1) is 13.5. The third-order valence-corrected chi connectivity index (χ3v) is 4.72. The van der Waals surface area contributed by atoms with Crippen LogP contribution >= 0.6 is 0 Å². The van der Waals surface area contributed by atoms with Gasteiger partial charge in [-0.1, -0.05) is 0 Å². The molecule has 0 spiro atoms. The summed E-state index contributed by atoms with van der Waals surface area (Å²) < 4.78 is 39.8. The minimum absolute atomic E-state index is 0.0135. The van der Waals surface area contributed by atoms with Gasteiger partial charge in [0.1, 0.15) is 5.82 Å². The maximum absolute atomic E-state index is 13.2. The molecule has 1 unspecified atom stereocenters. The van der Waals surface area contributed by atoms with Gasteiger partial charge in [0.2, 0.25) is 10.0 Å². The predicted octanol–water partition coefficient (Wildman–Crippen LogP) is 1.39. The number of hydrogen-bond donors (Lipinski definition) is 2. The fourth-order valence-electron chi connectivity index (χ4n) is 1.84. The number of benzene rings is 1. The Kier molecular flexibility index (Phi) is 3.70. The molecule has 1 fully saturated rings. The molecule has 6 heteroatoms. The van der Waals surface area contributed by atoms with Gasteiger partial charge in [-0.05, 0) is 43.9 Å². The van der Waals surface area contributed by atoms with E-state index < -0.39 is 22.4 Å². The molecule has 1 aromatic rings. The van der Waals surface area contributed by atoms with E-state index in [2.05, 4.69) is 4.72 Å². The molecule has 1 aliphatic rings. The quantitative estimate of drug-likeness (QED) is 0.852. The van der Waals surface area contributed by atoms with Crippen molar-refractivity contribution in [3.8, 4) is 0 Å².